The summed E-state index contributed by atoms with van der Waals surface area (Å²) in [5.74, 6) is 0.436. The fourth-order valence-corrected chi connectivity index (χ4v) is 2.32. The number of hydrogen-bond acceptors (Lipinski definition) is 3. The molecule has 4 nitrogen and oxygen atoms in total. The van der Waals surface area contributed by atoms with Gasteiger partial charge in [-0.05, 0) is 64.4 Å². The summed E-state index contributed by atoms with van der Waals surface area (Å²) in [6.07, 6.45) is 1.73. The molecule has 1 N–H and O–H groups in total. The van der Waals surface area contributed by atoms with Crippen molar-refractivity contribution in [3.63, 3.8) is 0 Å². The molecule has 1 heterocycles. The summed E-state index contributed by atoms with van der Waals surface area (Å²) >= 11 is 0. The first-order valence-corrected chi connectivity index (χ1v) is 7.81. The number of nitrogens with zero attached hydrogens (tertiary/aromatic N) is 1. The SMILES string of the molecule is Cc1ccc(C(=O)NC(C)(C)c2ccccn2)c(OC(C)C)c1. The van der Waals surface area contributed by atoms with Crippen LogP contribution in [0.25, 0.3) is 0 Å². The van der Waals surface area contributed by atoms with E-state index in [0.29, 0.717) is 11.3 Å². The van der Waals surface area contributed by atoms with Crippen molar-refractivity contribution in [2.45, 2.75) is 46.3 Å². The lowest BCUT2D eigenvalue weighted by Crippen LogP contribution is -2.41. The molecule has 1 aromatic carbocycles. The summed E-state index contributed by atoms with van der Waals surface area (Å²) in [6.45, 7) is 9.74. The predicted octanol–water partition coefficient (Wildman–Crippen LogP) is 3.84. The molecule has 122 valence electrons. The van der Waals surface area contributed by atoms with Crippen LogP contribution in [-0.4, -0.2) is 17.0 Å². The Labute approximate surface area is 137 Å². The van der Waals surface area contributed by atoms with E-state index in [4.69, 9.17) is 4.74 Å². The quantitative estimate of drug-likeness (QED) is 0.912. The Kier molecular flexibility index (Phi) is 5.04. The maximum absolute atomic E-state index is 12.7. The van der Waals surface area contributed by atoms with Crippen molar-refractivity contribution in [3.8, 4) is 5.75 Å². The van der Waals surface area contributed by atoms with Crippen LogP contribution in [0.2, 0.25) is 0 Å². The van der Waals surface area contributed by atoms with Crippen molar-refractivity contribution in [3.05, 3.63) is 59.4 Å². The van der Waals surface area contributed by atoms with Crippen LogP contribution in [-0.2, 0) is 5.54 Å². The summed E-state index contributed by atoms with van der Waals surface area (Å²) in [7, 11) is 0. The number of aromatic nitrogens is 1. The molecule has 0 spiro atoms. The molecule has 0 saturated carbocycles. The molecule has 2 aromatic rings. The highest BCUT2D eigenvalue weighted by atomic mass is 16.5. The van der Waals surface area contributed by atoms with Gasteiger partial charge in [0.15, 0.2) is 0 Å². The van der Waals surface area contributed by atoms with E-state index in [2.05, 4.69) is 10.3 Å². The highest BCUT2D eigenvalue weighted by Crippen LogP contribution is 2.24. The van der Waals surface area contributed by atoms with E-state index in [1.54, 1.807) is 12.3 Å². The zero-order chi connectivity index (χ0) is 17.0. The van der Waals surface area contributed by atoms with Gasteiger partial charge in [-0.2, -0.15) is 0 Å². The monoisotopic (exact) mass is 312 g/mol. The maximum atomic E-state index is 12.7. The molecular weight excluding hydrogens is 288 g/mol. The van der Waals surface area contributed by atoms with Gasteiger partial charge >= 0.3 is 0 Å². The molecule has 0 aliphatic heterocycles. The van der Waals surface area contributed by atoms with E-state index in [1.807, 2.05) is 65.0 Å². The lowest BCUT2D eigenvalue weighted by molar-refractivity contribution is 0.0904. The van der Waals surface area contributed by atoms with Crippen LogP contribution in [0.4, 0.5) is 0 Å². The predicted molar refractivity (Wildman–Crippen MR) is 91.7 cm³/mol. The van der Waals surface area contributed by atoms with Gasteiger partial charge in [-0.1, -0.05) is 12.1 Å². The van der Waals surface area contributed by atoms with Gasteiger partial charge < -0.3 is 10.1 Å². The third-order valence-corrected chi connectivity index (χ3v) is 3.48. The van der Waals surface area contributed by atoms with Crippen LogP contribution in [0.3, 0.4) is 0 Å². The molecule has 0 aliphatic rings. The first-order chi connectivity index (χ1) is 10.8. The minimum absolute atomic E-state index is 0.00662. The number of aryl methyl sites for hydroxylation is 1. The molecule has 0 fully saturated rings. The van der Waals surface area contributed by atoms with Gasteiger partial charge in [-0.25, -0.2) is 0 Å². The Balaban J connectivity index is 2.27. The fourth-order valence-electron chi connectivity index (χ4n) is 2.32. The summed E-state index contributed by atoms with van der Waals surface area (Å²) in [5, 5.41) is 3.04. The Morgan fingerprint density at radius 2 is 1.96 bits per heavy atom. The Hall–Kier alpha value is -2.36. The molecule has 1 amide bonds. The Morgan fingerprint density at radius 1 is 1.22 bits per heavy atom. The van der Waals surface area contributed by atoms with E-state index in [0.717, 1.165) is 11.3 Å². The van der Waals surface area contributed by atoms with Crippen LogP contribution in [0.1, 0.15) is 49.3 Å². The Bertz CT molecular complexity index is 679. The molecule has 2 rings (SSSR count). The number of hydrogen-bond donors (Lipinski definition) is 1. The minimum atomic E-state index is -0.571. The van der Waals surface area contributed by atoms with Gasteiger partial charge in [-0.3, -0.25) is 9.78 Å². The average Bonchev–Trinajstić information content (AvgIpc) is 2.47. The van der Waals surface area contributed by atoms with Gasteiger partial charge in [0.2, 0.25) is 0 Å². The number of benzene rings is 1. The van der Waals surface area contributed by atoms with Gasteiger partial charge in [0, 0.05) is 6.20 Å². The van der Waals surface area contributed by atoms with E-state index in [9.17, 15) is 4.79 Å². The molecule has 4 heteroatoms. The minimum Gasteiger partial charge on any atom is -0.490 e. The summed E-state index contributed by atoms with van der Waals surface area (Å²) in [4.78, 5) is 17.1. The second-order valence-electron chi connectivity index (χ2n) is 6.46. The van der Waals surface area contributed by atoms with Crippen LogP contribution in [0.5, 0.6) is 5.75 Å². The highest BCUT2D eigenvalue weighted by Gasteiger charge is 2.26. The first kappa shape index (κ1) is 17.0. The largest absolute Gasteiger partial charge is 0.490 e. The summed E-state index contributed by atoms with van der Waals surface area (Å²) in [5.41, 5.74) is 1.83. The van der Waals surface area contributed by atoms with Crippen molar-refractivity contribution in [2.24, 2.45) is 0 Å². The smallest absolute Gasteiger partial charge is 0.255 e. The lowest BCUT2D eigenvalue weighted by Gasteiger charge is -2.26. The molecule has 0 bridgehead atoms. The van der Waals surface area contributed by atoms with Gasteiger partial charge in [0.1, 0.15) is 5.75 Å². The number of pyridine rings is 1. The molecule has 0 atom stereocenters. The second-order valence-corrected chi connectivity index (χ2v) is 6.46. The van der Waals surface area contributed by atoms with Crippen LogP contribution in [0, 0.1) is 6.92 Å². The highest BCUT2D eigenvalue weighted by molar-refractivity contribution is 5.97. The standard InChI is InChI=1S/C19H24N2O2/c1-13(2)23-16-12-14(3)9-10-15(16)18(22)21-19(4,5)17-8-6-7-11-20-17/h6-13H,1-5H3,(H,21,22). The number of carbonyl (C=O) groups is 1. The fraction of sp³-hybridized carbons (Fsp3) is 0.368. The molecular formula is C19H24N2O2. The van der Waals surface area contributed by atoms with Crippen molar-refractivity contribution < 1.29 is 9.53 Å². The van der Waals surface area contributed by atoms with E-state index in [-0.39, 0.29) is 12.0 Å². The number of amides is 1. The van der Waals surface area contributed by atoms with Crippen molar-refractivity contribution >= 4 is 5.91 Å². The third kappa shape index (κ3) is 4.31. The maximum Gasteiger partial charge on any atom is 0.255 e. The number of carbonyl (C=O) groups excluding carboxylic acids is 1. The van der Waals surface area contributed by atoms with Crippen LogP contribution < -0.4 is 10.1 Å². The van der Waals surface area contributed by atoms with Gasteiger partial charge in [0.05, 0.1) is 22.9 Å². The molecule has 23 heavy (non-hydrogen) atoms. The number of ether oxygens (including phenoxy) is 1. The van der Waals surface area contributed by atoms with Crippen molar-refractivity contribution in [1.82, 2.24) is 10.3 Å². The van der Waals surface area contributed by atoms with Crippen molar-refractivity contribution in [1.29, 1.82) is 0 Å². The summed E-state index contributed by atoms with van der Waals surface area (Å²) in [6, 6.07) is 11.3. The normalized spacial score (nSPS) is 11.4. The van der Waals surface area contributed by atoms with Crippen LogP contribution >= 0.6 is 0 Å². The summed E-state index contributed by atoms with van der Waals surface area (Å²) < 4.78 is 5.79. The topological polar surface area (TPSA) is 51.2 Å². The Morgan fingerprint density at radius 3 is 2.57 bits per heavy atom. The van der Waals surface area contributed by atoms with E-state index >= 15 is 0 Å². The molecule has 0 radical (unpaired) electrons. The van der Waals surface area contributed by atoms with Crippen molar-refractivity contribution in [2.75, 3.05) is 0 Å². The second kappa shape index (κ2) is 6.82. The van der Waals surface area contributed by atoms with E-state index < -0.39 is 5.54 Å². The molecule has 0 aliphatic carbocycles. The zero-order valence-corrected chi connectivity index (χ0v) is 14.4. The zero-order valence-electron chi connectivity index (χ0n) is 14.4. The number of rotatable bonds is 5. The molecule has 0 unspecified atom stereocenters. The van der Waals surface area contributed by atoms with Crippen LogP contribution in [0.15, 0.2) is 42.6 Å². The number of nitrogens with one attached hydrogen (secondary N) is 1. The first-order valence-electron chi connectivity index (χ1n) is 7.81. The average molecular weight is 312 g/mol. The molecule has 1 aromatic heterocycles. The van der Waals surface area contributed by atoms with Gasteiger partial charge in [-0.15, -0.1) is 0 Å². The van der Waals surface area contributed by atoms with E-state index in [1.165, 1.54) is 0 Å². The van der Waals surface area contributed by atoms with Gasteiger partial charge in [0.25, 0.3) is 5.91 Å². The third-order valence-electron chi connectivity index (χ3n) is 3.48. The molecule has 0 saturated heterocycles. The lowest BCUT2D eigenvalue weighted by atomic mass is 9.98.